The number of hydrogen-bond donors (Lipinski definition) is 2. The first kappa shape index (κ1) is 11.4. The van der Waals surface area contributed by atoms with Gasteiger partial charge in [-0.15, -0.1) is 0 Å². The van der Waals surface area contributed by atoms with Gasteiger partial charge in [-0.25, -0.2) is 0 Å². The molecule has 3 N–H and O–H groups in total. The molecule has 1 aromatic rings. The largest absolute Gasteiger partial charge is 0.508 e. The van der Waals surface area contributed by atoms with E-state index in [0.717, 1.165) is 18.7 Å². The molecule has 0 radical (unpaired) electrons. The summed E-state index contributed by atoms with van der Waals surface area (Å²) in [6.45, 7) is 6.34. The van der Waals surface area contributed by atoms with Crippen molar-refractivity contribution in [2.75, 3.05) is 13.1 Å². The molecule has 0 bridgehead atoms. The number of hydrogen-bond acceptors (Lipinski definition) is 3. The summed E-state index contributed by atoms with van der Waals surface area (Å²) in [5.74, 6) is 0.889. The van der Waals surface area contributed by atoms with Crippen molar-refractivity contribution >= 4 is 0 Å². The van der Waals surface area contributed by atoms with E-state index in [1.807, 2.05) is 12.1 Å². The summed E-state index contributed by atoms with van der Waals surface area (Å²) in [4.78, 5) is 2.38. The molecule has 0 amide bonds. The fraction of sp³-hybridized carbons (Fsp3) is 0.538. The third-order valence-corrected chi connectivity index (χ3v) is 3.60. The molecular formula is C13H20N2O. The van der Waals surface area contributed by atoms with Gasteiger partial charge in [0.15, 0.2) is 0 Å². The molecule has 1 heterocycles. The minimum atomic E-state index is 0.278. The van der Waals surface area contributed by atoms with Crippen molar-refractivity contribution in [3.8, 4) is 5.75 Å². The van der Waals surface area contributed by atoms with Gasteiger partial charge in [0.05, 0.1) is 0 Å². The zero-order valence-corrected chi connectivity index (χ0v) is 9.93. The maximum absolute atomic E-state index is 9.47. The van der Waals surface area contributed by atoms with Gasteiger partial charge in [0, 0.05) is 25.2 Å². The molecule has 3 atom stereocenters. The number of likely N-dealkylation sites (tertiary alicyclic amines) is 1. The fourth-order valence-electron chi connectivity index (χ4n) is 2.34. The standard InChI is InChI=1S/C13H20N2O/c1-9-7-15(8-13(9)14)10(2)11-4-3-5-12(16)6-11/h3-6,9-10,13,16H,7-8,14H2,1-2H3. The molecule has 3 heteroatoms. The zero-order valence-electron chi connectivity index (χ0n) is 9.93. The maximum Gasteiger partial charge on any atom is 0.115 e. The highest BCUT2D eigenvalue weighted by Crippen LogP contribution is 2.28. The predicted octanol–water partition coefficient (Wildman–Crippen LogP) is 1.73. The van der Waals surface area contributed by atoms with Gasteiger partial charge < -0.3 is 10.8 Å². The first-order valence-electron chi connectivity index (χ1n) is 5.86. The van der Waals surface area contributed by atoms with Crippen LogP contribution in [-0.2, 0) is 0 Å². The second-order valence-electron chi connectivity index (χ2n) is 4.87. The van der Waals surface area contributed by atoms with E-state index < -0.39 is 0 Å². The molecule has 1 aliphatic heterocycles. The zero-order chi connectivity index (χ0) is 11.7. The average molecular weight is 220 g/mol. The van der Waals surface area contributed by atoms with E-state index in [2.05, 4.69) is 24.8 Å². The number of nitrogens with two attached hydrogens (primary N) is 1. The molecule has 0 spiro atoms. The van der Waals surface area contributed by atoms with E-state index in [-0.39, 0.29) is 6.04 Å². The first-order chi connectivity index (χ1) is 7.58. The fourth-order valence-corrected chi connectivity index (χ4v) is 2.34. The van der Waals surface area contributed by atoms with Crippen LogP contribution < -0.4 is 5.73 Å². The van der Waals surface area contributed by atoms with Gasteiger partial charge in [-0.1, -0.05) is 19.1 Å². The van der Waals surface area contributed by atoms with Crippen molar-refractivity contribution < 1.29 is 5.11 Å². The second-order valence-corrected chi connectivity index (χ2v) is 4.87. The third kappa shape index (κ3) is 2.20. The molecule has 3 nitrogen and oxygen atoms in total. The van der Waals surface area contributed by atoms with Crippen LogP contribution in [0.2, 0.25) is 0 Å². The summed E-state index contributed by atoms with van der Waals surface area (Å²) in [5.41, 5.74) is 7.18. The molecule has 88 valence electrons. The number of rotatable bonds is 2. The molecular weight excluding hydrogens is 200 g/mol. The lowest BCUT2D eigenvalue weighted by Gasteiger charge is -2.24. The molecule has 0 aliphatic carbocycles. The van der Waals surface area contributed by atoms with Gasteiger partial charge in [-0.3, -0.25) is 4.90 Å². The Balaban J connectivity index is 2.11. The van der Waals surface area contributed by atoms with E-state index in [4.69, 9.17) is 5.73 Å². The lowest BCUT2D eigenvalue weighted by Crippen LogP contribution is -2.29. The van der Waals surface area contributed by atoms with Crippen molar-refractivity contribution in [3.05, 3.63) is 29.8 Å². The number of benzene rings is 1. The van der Waals surface area contributed by atoms with Gasteiger partial charge in [-0.05, 0) is 30.5 Å². The number of aromatic hydroxyl groups is 1. The highest BCUT2D eigenvalue weighted by Gasteiger charge is 2.29. The summed E-state index contributed by atoms with van der Waals surface area (Å²) in [5, 5.41) is 9.47. The molecule has 1 saturated heterocycles. The van der Waals surface area contributed by atoms with Crippen LogP contribution in [0.25, 0.3) is 0 Å². The van der Waals surface area contributed by atoms with Crippen molar-refractivity contribution in [3.63, 3.8) is 0 Å². The Bertz CT molecular complexity index is 357. The smallest absolute Gasteiger partial charge is 0.115 e. The number of nitrogens with zero attached hydrogens (tertiary/aromatic N) is 1. The number of phenols is 1. The monoisotopic (exact) mass is 220 g/mol. The van der Waals surface area contributed by atoms with Crippen LogP contribution >= 0.6 is 0 Å². The van der Waals surface area contributed by atoms with Crippen molar-refractivity contribution in [2.24, 2.45) is 11.7 Å². The van der Waals surface area contributed by atoms with Crippen LogP contribution in [0, 0.1) is 5.92 Å². The third-order valence-electron chi connectivity index (χ3n) is 3.60. The van der Waals surface area contributed by atoms with Crippen LogP contribution in [0.5, 0.6) is 5.75 Å². The van der Waals surface area contributed by atoms with Crippen molar-refractivity contribution in [2.45, 2.75) is 25.9 Å². The summed E-state index contributed by atoms with van der Waals surface area (Å²) in [7, 11) is 0. The quantitative estimate of drug-likeness (QED) is 0.798. The predicted molar refractivity (Wildman–Crippen MR) is 65.2 cm³/mol. The lowest BCUT2D eigenvalue weighted by atomic mass is 10.1. The lowest BCUT2D eigenvalue weighted by molar-refractivity contribution is 0.253. The van der Waals surface area contributed by atoms with Crippen LogP contribution in [0.4, 0.5) is 0 Å². The second kappa shape index (κ2) is 4.44. The Hall–Kier alpha value is -1.06. The molecule has 1 aliphatic rings. The van der Waals surface area contributed by atoms with Gasteiger partial charge in [-0.2, -0.15) is 0 Å². The van der Waals surface area contributed by atoms with Crippen molar-refractivity contribution in [1.29, 1.82) is 0 Å². The Kier molecular flexibility index (Phi) is 3.17. The Morgan fingerprint density at radius 3 is 2.75 bits per heavy atom. The Morgan fingerprint density at radius 2 is 2.19 bits per heavy atom. The van der Waals surface area contributed by atoms with E-state index in [0.29, 0.717) is 17.7 Å². The minimum Gasteiger partial charge on any atom is -0.508 e. The highest BCUT2D eigenvalue weighted by atomic mass is 16.3. The van der Waals surface area contributed by atoms with E-state index >= 15 is 0 Å². The summed E-state index contributed by atoms with van der Waals surface area (Å²) in [6, 6.07) is 8.08. The normalized spacial score (nSPS) is 28.2. The van der Waals surface area contributed by atoms with Crippen LogP contribution in [0.1, 0.15) is 25.5 Å². The summed E-state index contributed by atoms with van der Waals surface area (Å²) in [6.07, 6.45) is 0. The van der Waals surface area contributed by atoms with E-state index in [1.165, 1.54) is 0 Å². The molecule has 1 aromatic carbocycles. The molecule has 0 saturated carbocycles. The SMILES string of the molecule is CC1CN(C(C)c2cccc(O)c2)CC1N. The molecule has 1 fully saturated rings. The van der Waals surface area contributed by atoms with Gasteiger partial charge >= 0.3 is 0 Å². The first-order valence-corrected chi connectivity index (χ1v) is 5.86. The van der Waals surface area contributed by atoms with E-state index in [1.54, 1.807) is 6.07 Å². The molecule has 3 unspecified atom stereocenters. The topological polar surface area (TPSA) is 49.5 Å². The minimum absolute atomic E-state index is 0.278. The van der Waals surface area contributed by atoms with Crippen LogP contribution in [-0.4, -0.2) is 29.1 Å². The Labute approximate surface area is 96.9 Å². The van der Waals surface area contributed by atoms with Crippen LogP contribution in [0.3, 0.4) is 0 Å². The van der Waals surface area contributed by atoms with Gasteiger partial charge in [0.1, 0.15) is 5.75 Å². The summed E-state index contributed by atoms with van der Waals surface area (Å²) >= 11 is 0. The van der Waals surface area contributed by atoms with Crippen LogP contribution in [0.15, 0.2) is 24.3 Å². The molecule has 16 heavy (non-hydrogen) atoms. The van der Waals surface area contributed by atoms with E-state index in [9.17, 15) is 5.11 Å². The molecule has 0 aromatic heterocycles. The number of phenolic OH excluding ortho intramolecular Hbond substituents is 1. The molecule has 2 rings (SSSR count). The van der Waals surface area contributed by atoms with Crippen molar-refractivity contribution in [1.82, 2.24) is 4.90 Å². The average Bonchev–Trinajstić information content (AvgIpc) is 2.58. The summed E-state index contributed by atoms with van der Waals surface area (Å²) < 4.78 is 0. The Morgan fingerprint density at radius 1 is 1.44 bits per heavy atom. The highest BCUT2D eigenvalue weighted by molar-refractivity contribution is 5.29. The van der Waals surface area contributed by atoms with Gasteiger partial charge in [0.25, 0.3) is 0 Å². The van der Waals surface area contributed by atoms with Gasteiger partial charge in [0.2, 0.25) is 0 Å². The maximum atomic E-state index is 9.47.